The predicted molar refractivity (Wildman–Crippen MR) is 138 cm³/mol. The Balaban J connectivity index is 1.94. The van der Waals surface area contributed by atoms with Crippen LogP contribution in [0.1, 0.15) is 55.4 Å². The molecule has 2 atom stereocenters. The fraction of sp³-hybridized carbons (Fsp3) is 0.310. The van der Waals surface area contributed by atoms with Crippen molar-refractivity contribution in [1.82, 2.24) is 5.32 Å². The molecule has 32 heavy (non-hydrogen) atoms. The normalized spacial score (nSPS) is 25.8. The SMILES string of the molecule is CCC1(c2ccccc2)c2ccccc2-c2cc3c(cc2Br)CCC/C(CN)=C\NC31C. The van der Waals surface area contributed by atoms with Crippen molar-refractivity contribution in [2.75, 3.05) is 6.54 Å². The molecule has 0 spiro atoms. The molecule has 0 amide bonds. The lowest BCUT2D eigenvalue weighted by molar-refractivity contribution is 0.237. The summed E-state index contributed by atoms with van der Waals surface area (Å²) in [6.45, 7) is 5.33. The van der Waals surface area contributed by atoms with Crippen molar-refractivity contribution in [3.8, 4) is 11.1 Å². The second kappa shape index (κ2) is 8.20. The highest BCUT2D eigenvalue weighted by Crippen LogP contribution is 2.56. The lowest BCUT2D eigenvalue weighted by Gasteiger charge is -2.50. The zero-order valence-electron chi connectivity index (χ0n) is 18.9. The average molecular weight is 487 g/mol. The van der Waals surface area contributed by atoms with Crippen LogP contribution in [0.4, 0.5) is 0 Å². The van der Waals surface area contributed by atoms with E-state index in [1.807, 2.05) is 0 Å². The van der Waals surface area contributed by atoms with E-state index in [0.29, 0.717) is 6.54 Å². The number of rotatable bonds is 3. The molecule has 1 aliphatic carbocycles. The van der Waals surface area contributed by atoms with E-state index >= 15 is 0 Å². The van der Waals surface area contributed by atoms with Gasteiger partial charge < -0.3 is 11.1 Å². The largest absolute Gasteiger partial charge is 0.380 e. The minimum Gasteiger partial charge on any atom is -0.380 e. The number of fused-ring (bicyclic) bond motifs is 3. The van der Waals surface area contributed by atoms with Crippen LogP contribution in [-0.4, -0.2) is 6.54 Å². The van der Waals surface area contributed by atoms with Gasteiger partial charge in [0.05, 0.1) is 5.54 Å². The Morgan fingerprint density at radius 2 is 1.69 bits per heavy atom. The van der Waals surface area contributed by atoms with Crippen molar-refractivity contribution in [2.24, 2.45) is 5.73 Å². The summed E-state index contributed by atoms with van der Waals surface area (Å²) in [5.41, 5.74) is 15.0. The van der Waals surface area contributed by atoms with E-state index < -0.39 is 0 Å². The topological polar surface area (TPSA) is 38.0 Å². The quantitative estimate of drug-likeness (QED) is 0.426. The van der Waals surface area contributed by atoms with Crippen LogP contribution in [0.2, 0.25) is 0 Å². The number of benzene rings is 3. The third kappa shape index (κ3) is 3.02. The first kappa shape index (κ1) is 21.5. The van der Waals surface area contributed by atoms with Crippen molar-refractivity contribution in [2.45, 2.75) is 50.5 Å². The molecule has 3 N–H and O–H groups in total. The van der Waals surface area contributed by atoms with Crippen molar-refractivity contribution in [3.63, 3.8) is 0 Å². The third-order valence-corrected chi connectivity index (χ3v) is 8.49. The van der Waals surface area contributed by atoms with Crippen molar-refractivity contribution in [3.05, 3.63) is 105 Å². The predicted octanol–water partition coefficient (Wildman–Crippen LogP) is 6.81. The molecule has 2 aliphatic rings. The van der Waals surface area contributed by atoms with Gasteiger partial charge in [0.1, 0.15) is 0 Å². The first-order valence-electron chi connectivity index (χ1n) is 11.7. The van der Waals surface area contributed by atoms with Gasteiger partial charge in [-0.2, -0.15) is 0 Å². The maximum absolute atomic E-state index is 6.15. The molecular formula is C29H31BrN2. The zero-order valence-corrected chi connectivity index (χ0v) is 20.5. The summed E-state index contributed by atoms with van der Waals surface area (Å²) in [4.78, 5) is 0. The molecular weight excluding hydrogens is 456 g/mol. The highest BCUT2D eigenvalue weighted by atomic mass is 79.9. The number of aryl methyl sites for hydroxylation is 1. The number of hydrogen-bond acceptors (Lipinski definition) is 2. The van der Waals surface area contributed by atoms with Gasteiger partial charge in [-0.25, -0.2) is 0 Å². The average Bonchev–Trinajstić information content (AvgIpc) is 2.85. The molecule has 0 aromatic heterocycles. The molecule has 0 saturated carbocycles. The molecule has 164 valence electrons. The molecule has 3 aromatic rings. The lowest BCUT2D eigenvalue weighted by Crippen LogP contribution is -2.55. The fourth-order valence-corrected chi connectivity index (χ4v) is 6.79. The molecule has 2 nitrogen and oxygen atoms in total. The minimum absolute atomic E-state index is 0.254. The molecule has 0 fully saturated rings. The Morgan fingerprint density at radius 3 is 2.44 bits per heavy atom. The Labute approximate surface area is 200 Å². The molecule has 3 heteroatoms. The van der Waals surface area contributed by atoms with Crippen LogP contribution in [0.15, 0.2) is 83.0 Å². The summed E-state index contributed by atoms with van der Waals surface area (Å²) in [5.74, 6) is 0. The monoisotopic (exact) mass is 486 g/mol. The Hall–Kier alpha value is -2.36. The molecule has 0 radical (unpaired) electrons. The molecule has 0 saturated heterocycles. The van der Waals surface area contributed by atoms with Crippen molar-refractivity contribution < 1.29 is 0 Å². The summed E-state index contributed by atoms with van der Waals surface area (Å²) < 4.78 is 1.18. The highest BCUT2D eigenvalue weighted by molar-refractivity contribution is 9.10. The Bertz CT molecular complexity index is 1180. The highest BCUT2D eigenvalue weighted by Gasteiger charge is 2.53. The van der Waals surface area contributed by atoms with E-state index in [9.17, 15) is 0 Å². The number of hydrogen-bond donors (Lipinski definition) is 2. The van der Waals surface area contributed by atoms with Gasteiger partial charge in [0.2, 0.25) is 0 Å². The van der Waals surface area contributed by atoms with Crippen LogP contribution >= 0.6 is 15.9 Å². The van der Waals surface area contributed by atoms with Crippen molar-refractivity contribution >= 4 is 15.9 Å². The maximum Gasteiger partial charge on any atom is 0.0731 e. The summed E-state index contributed by atoms with van der Waals surface area (Å²) in [7, 11) is 0. The van der Waals surface area contributed by atoms with Crippen LogP contribution in [0.5, 0.6) is 0 Å². The van der Waals surface area contributed by atoms with Crippen LogP contribution in [-0.2, 0) is 17.4 Å². The molecule has 1 aliphatic heterocycles. The van der Waals surface area contributed by atoms with Gasteiger partial charge in [-0.15, -0.1) is 0 Å². The van der Waals surface area contributed by atoms with Gasteiger partial charge in [-0.05, 0) is 89.9 Å². The van der Waals surface area contributed by atoms with Crippen LogP contribution in [0.3, 0.4) is 0 Å². The van der Waals surface area contributed by atoms with E-state index in [2.05, 4.69) is 108 Å². The van der Waals surface area contributed by atoms with Crippen LogP contribution in [0, 0.1) is 0 Å². The van der Waals surface area contributed by atoms with E-state index in [-0.39, 0.29) is 11.0 Å². The van der Waals surface area contributed by atoms with Crippen LogP contribution in [0.25, 0.3) is 11.1 Å². The molecule has 2 bridgehead atoms. The van der Waals surface area contributed by atoms with E-state index in [4.69, 9.17) is 5.73 Å². The van der Waals surface area contributed by atoms with Crippen LogP contribution < -0.4 is 11.1 Å². The Kier molecular flexibility index (Phi) is 5.51. The smallest absolute Gasteiger partial charge is 0.0731 e. The van der Waals surface area contributed by atoms with Gasteiger partial charge in [0.15, 0.2) is 0 Å². The molecule has 2 unspecified atom stereocenters. The zero-order chi connectivity index (χ0) is 22.3. The summed E-state index contributed by atoms with van der Waals surface area (Å²) in [6.07, 6.45) is 6.38. The number of nitrogens with one attached hydrogen (secondary N) is 1. The maximum atomic E-state index is 6.15. The van der Waals surface area contributed by atoms with E-state index in [1.165, 1.54) is 43.4 Å². The lowest BCUT2D eigenvalue weighted by atomic mass is 9.57. The van der Waals surface area contributed by atoms with Crippen molar-refractivity contribution in [1.29, 1.82) is 0 Å². The number of nitrogens with two attached hydrogens (primary N) is 1. The minimum atomic E-state index is -0.342. The van der Waals surface area contributed by atoms with E-state index in [0.717, 1.165) is 25.7 Å². The summed E-state index contributed by atoms with van der Waals surface area (Å²) >= 11 is 3.93. The van der Waals surface area contributed by atoms with Gasteiger partial charge in [-0.3, -0.25) is 0 Å². The first-order valence-corrected chi connectivity index (χ1v) is 12.5. The van der Waals surface area contributed by atoms with Gasteiger partial charge in [0, 0.05) is 16.4 Å². The Morgan fingerprint density at radius 1 is 0.938 bits per heavy atom. The van der Waals surface area contributed by atoms with Gasteiger partial charge in [-0.1, -0.05) is 77.5 Å². The first-order chi connectivity index (χ1) is 15.5. The second-order valence-electron chi connectivity index (χ2n) is 9.29. The molecule has 1 heterocycles. The standard InChI is InChI=1S/C29H31BrN2/c1-3-29(22-12-5-4-6-13-22)25-15-8-7-14-23(25)24-17-26-21(16-27(24)30)11-9-10-20(18-31)19-32-28(26,29)2/h4-8,12-17,19,32H,3,9-11,18,31H2,1-2H3/b20-19+. The van der Waals surface area contributed by atoms with Gasteiger partial charge >= 0.3 is 0 Å². The van der Waals surface area contributed by atoms with E-state index in [1.54, 1.807) is 0 Å². The summed E-state index contributed by atoms with van der Waals surface area (Å²) in [6, 6.07) is 24.8. The second-order valence-corrected chi connectivity index (χ2v) is 10.1. The molecule has 5 rings (SSSR count). The van der Waals surface area contributed by atoms with Gasteiger partial charge in [0.25, 0.3) is 0 Å². The fourth-order valence-electron chi connectivity index (χ4n) is 6.18. The number of halogens is 1. The molecule has 3 aromatic carbocycles. The third-order valence-electron chi connectivity index (χ3n) is 7.83. The summed E-state index contributed by atoms with van der Waals surface area (Å²) in [5, 5.41) is 3.97.